The number of hydrogen-bond acceptors (Lipinski definition) is 7. The number of amides is 3. The third-order valence-electron chi connectivity index (χ3n) is 3.38. The maximum atomic E-state index is 12.2. The first-order valence-electron chi connectivity index (χ1n) is 8.05. The molecule has 0 aromatic rings. The Morgan fingerprint density at radius 3 is 1.96 bits per heavy atom. The third-order valence-corrected chi connectivity index (χ3v) is 4.13. The lowest BCUT2D eigenvalue weighted by atomic mass is 10.1. The summed E-state index contributed by atoms with van der Waals surface area (Å²) in [5.74, 6) is -6.40. The van der Waals surface area contributed by atoms with E-state index in [0.717, 1.165) is 0 Å². The molecule has 0 aromatic carbocycles. The number of nitrogens with one attached hydrogen (secondary N) is 3. The molecule has 0 spiro atoms. The van der Waals surface area contributed by atoms with E-state index >= 15 is 0 Å². The quantitative estimate of drug-likeness (QED) is 0.173. The molecule has 0 aromatic heterocycles. The van der Waals surface area contributed by atoms with Crippen LogP contribution in [0, 0.1) is 0 Å². The van der Waals surface area contributed by atoms with Gasteiger partial charge < -0.3 is 26.2 Å². The molecule has 3 amide bonds. The molecule has 0 fully saturated rings. The molecule has 0 radical (unpaired) electrons. The average molecular weight is 425 g/mol. The van der Waals surface area contributed by atoms with E-state index in [1.807, 2.05) is 10.6 Å². The monoisotopic (exact) mass is 425 g/mol. The van der Waals surface area contributed by atoms with E-state index in [1.54, 1.807) is 0 Å². The molecule has 0 bridgehead atoms. The molecule has 14 heteroatoms. The van der Waals surface area contributed by atoms with Gasteiger partial charge in [0.2, 0.25) is 17.7 Å². The second kappa shape index (κ2) is 11.9. The van der Waals surface area contributed by atoms with Crippen LogP contribution in [0.2, 0.25) is 0 Å². The normalized spacial score (nSPS) is 13.1. The van der Waals surface area contributed by atoms with Gasteiger partial charge in [-0.2, -0.15) is 8.42 Å². The topological polar surface area (TPSA) is 216 Å². The highest BCUT2D eigenvalue weighted by molar-refractivity contribution is 7.85. The standard InChI is InChI=1S/C14H23N3O10S/c1-15-10(18)6-5-8(14(23)24)17-13(22)9(7-28(25,26)27)16-11(19)3-2-4-12(20)21/h8-9H,2-7H2,1H3,(H,15,18)(H,16,19)(H,17,22)(H,20,21)(H,23,24)(H,25,26,27)/t8-,9-/m0/s1. The van der Waals surface area contributed by atoms with Crippen molar-refractivity contribution in [1.29, 1.82) is 0 Å². The van der Waals surface area contributed by atoms with Crippen LogP contribution in [0.3, 0.4) is 0 Å². The summed E-state index contributed by atoms with van der Waals surface area (Å²) < 4.78 is 31.1. The second-order valence-electron chi connectivity index (χ2n) is 5.73. The molecule has 6 N–H and O–H groups in total. The van der Waals surface area contributed by atoms with Crippen LogP contribution in [0.1, 0.15) is 32.1 Å². The van der Waals surface area contributed by atoms with E-state index in [2.05, 4.69) is 5.32 Å². The summed E-state index contributed by atoms with van der Waals surface area (Å²) in [4.78, 5) is 56.8. The van der Waals surface area contributed by atoms with Crippen molar-refractivity contribution in [2.75, 3.05) is 12.8 Å². The molecule has 0 unspecified atom stereocenters. The van der Waals surface area contributed by atoms with Crippen molar-refractivity contribution in [3.63, 3.8) is 0 Å². The minimum Gasteiger partial charge on any atom is -0.481 e. The largest absolute Gasteiger partial charge is 0.481 e. The van der Waals surface area contributed by atoms with E-state index in [4.69, 9.17) is 14.8 Å². The molecule has 0 aliphatic carbocycles. The molecule has 0 aliphatic heterocycles. The van der Waals surface area contributed by atoms with Gasteiger partial charge in [-0.05, 0) is 12.8 Å². The fourth-order valence-corrected chi connectivity index (χ4v) is 2.65. The van der Waals surface area contributed by atoms with Gasteiger partial charge in [-0.1, -0.05) is 0 Å². The number of aliphatic carboxylic acids is 2. The highest BCUT2D eigenvalue weighted by Gasteiger charge is 2.30. The van der Waals surface area contributed by atoms with Gasteiger partial charge in [0.1, 0.15) is 17.8 Å². The zero-order valence-electron chi connectivity index (χ0n) is 15.0. The van der Waals surface area contributed by atoms with Crippen molar-refractivity contribution in [3.8, 4) is 0 Å². The number of carboxylic acids is 2. The number of hydrogen-bond donors (Lipinski definition) is 6. The molecule has 13 nitrogen and oxygen atoms in total. The van der Waals surface area contributed by atoms with Gasteiger partial charge in [-0.3, -0.25) is 23.7 Å². The van der Waals surface area contributed by atoms with Crippen molar-refractivity contribution in [3.05, 3.63) is 0 Å². The summed E-state index contributed by atoms with van der Waals surface area (Å²) in [7, 11) is -3.38. The number of carbonyl (C=O) groups excluding carboxylic acids is 3. The minimum absolute atomic E-state index is 0.0781. The van der Waals surface area contributed by atoms with Gasteiger partial charge in [0.25, 0.3) is 10.1 Å². The van der Waals surface area contributed by atoms with Crippen LogP contribution < -0.4 is 16.0 Å². The molecule has 160 valence electrons. The predicted molar refractivity (Wildman–Crippen MR) is 92.7 cm³/mol. The number of carbonyl (C=O) groups is 5. The van der Waals surface area contributed by atoms with Crippen molar-refractivity contribution in [2.45, 2.75) is 44.2 Å². The first kappa shape index (κ1) is 25.3. The fraction of sp³-hybridized carbons (Fsp3) is 0.643. The van der Waals surface area contributed by atoms with Crippen LogP contribution >= 0.6 is 0 Å². The Morgan fingerprint density at radius 1 is 0.893 bits per heavy atom. The Hall–Kier alpha value is -2.74. The SMILES string of the molecule is CNC(=O)CC[C@H](NC(=O)[C@H](CS(=O)(=O)O)NC(=O)CCCC(=O)O)C(=O)O. The Morgan fingerprint density at radius 2 is 1.50 bits per heavy atom. The smallest absolute Gasteiger partial charge is 0.326 e. The summed E-state index contributed by atoms with van der Waals surface area (Å²) in [6, 6.07) is -3.35. The summed E-state index contributed by atoms with van der Waals surface area (Å²) >= 11 is 0. The van der Waals surface area contributed by atoms with E-state index in [9.17, 15) is 32.4 Å². The molecule has 0 saturated carbocycles. The third kappa shape index (κ3) is 11.8. The van der Waals surface area contributed by atoms with E-state index in [0.29, 0.717) is 0 Å². The van der Waals surface area contributed by atoms with Crippen molar-refractivity contribution in [2.24, 2.45) is 0 Å². The van der Waals surface area contributed by atoms with Gasteiger partial charge in [0, 0.05) is 26.3 Å². The zero-order valence-corrected chi connectivity index (χ0v) is 15.8. The first-order chi connectivity index (χ1) is 12.9. The maximum absolute atomic E-state index is 12.2. The summed E-state index contributed by atoms with van der Waals surface area (Å²) in [6.45, 7) is 0. The molecule has 0 aliphatic rings. The Kier molecular flexibility index (Phi) is 10.7. The molecule has 28 heavy (non-hydrogen) atoms. The van der Waals surface area contributed by atoms with Crippen molar-refractivity contribution >= 4 is 39.8 Å². The van der Waals surface area contributed by atoms with E-state index < -0.39 is 57.6 Å². The summed E-state index contributed by atoms with van der Waals surface area (Å²) in [6.07, 6.45) is -1.28. The van der Waals surface area contributed by atoms with Crippen LogP contribution in [0.4, 0.5) is 0 Å². The highest BCUT2D eigenvalue weighted by atomic mass is 32.2. The molecule has 2 atom stereocenters. The van der Waals surface area contributed by atoms with Gasteiger partial charge in [0.15, 0.2) is 0 Å². The van der Waals surface area contributed by atoms with Crippen molar-refractivity contribution in [1.82, 2.24) is 16.0 Å². The first-order valence-corrected chi connectivity index (χ1v) is 9.66. The van der Waals surface area contributed by atoms with Gasteiger partial charge >= 0.3 is 11.9 Å². The molecule has 0 heterocycles. The predicted octanol–water partition coefficient (Wildman–Crippen LogP) is -2.29. The lowest BCUT2D eigenvalue weighted by Gasteiger charge is -2.20. The van der Waals surface area contributed by atoms with E-state index in [-0.39, 0.29) is 32.1 Å². The number of rotatable bonds is 13. The number of carboxylic acid groups (broad SMARTS) is 2. The Labute approximate surface area is 160 Å². The maximum Gasteiger partial charge on any atom is 0.326 e. The van der Waals surface area contributed by atoms with E-state index in [1.165, 1.54) is 7.05 Å². The van der Waals surface area contributed by atoms with Crippen LogP contribution in [0.5, 0.6) is 0 Å². The van der Waals surface area contributed by atoms with Gasteiger partial charge in [-0.15, -0.1) is 0 Å². The van der Waals surface area contributed by atoms with Crippen molar-refractivity contribution < 1.29 is 47.2 Å². The minimum atomic E-state index is -4.71. The molecule has 0 saturated heterocycles. The van der Waals surface area contributed by atoms with Gasteiger partial charge in [0.05, 0.1) is 0 Å². The second-order valence-corrected chi connectivity index (χ2v) is 7.22. The van der Waals surface area contributed by atoms with Crippen LogP contribution in [-0.2, 0) is 34.1 Å². The molecular weight excluding hydrogens is 402 g/mol. The lowest BCUT2D eigenvalue weighted by Crippen LogP contribution is -2.54. The summed E-state index contributed by atoms with van der Waals surface area (Å²) in [5.41, 5.74) is 0. The fourth-order valence-electron chi connectivity index (χ4n) is 1.99. The average Bonchev–Trinajstić information content (AvgIpc) is 2.55. The zero-order chi connectivity index (χ0) is 21.9. The molecular formula is C14H23N3O10S. The lowest BCUT2D eigenvalue weighted by molar-refractivity contribution is -0.142. The Balaban J connectivity index is 5.07. The molecule has 0 rings (SSSR count). The van der Waals surface area contributed by atoms with Crippen LogP contribution in [0.15, 0.2) is 0 Å². The highest BCUT2D eigenvalue weighted by Crippen LogP contribution is 2.02. The summed E-state index contributed by atoms with van der Waals surface area (Å²) in [5, 5.41) is 23.9. The van der Waals surface area contributed by atoms with Crippen LogP contribution in [0.25, 0.3) is 0 Å². The van der Waals surface area contributed by atoms with Crippen LogP contribution in [-0.4, -0.2) is 77.7 Å². The Bertz CT molecular complexity index is 706. The van der Waals surface area contributed by atoms with Gasteiger partial charge in [-0.25, -0.2) is 4.79 Å².